The van der Waals surface area contributed by atoms with Gasteiger partial charge in [0, 0.05) is 18.2 Å². The summed E-state index contributed by atoms with van der Waals surface area (Å²) in [4.78, 5) is 22.7. The monoisotopic (exact) mass is 283 g/mol. The van der Waals surface area contributed by atoms with Crippen LogP contribution in [0.4, 0.5) is 17.1 Å². The number of nitrogens with zero attached hydrogens (tertiary/aromatic N) is 1. The molecule has 3 rings (SSSR count). The van der Waals surface area contributed by atoms with E-state index in [1.807, 2.05) is 24.3 Å². The van der Waals surface area contributed by atoms with E-state index in [0.29, 0.717) is 6.42 Å². The number of nitrogens with one attached hydrogen (secondary N) is 2. The lowest BCUT2D eigenvalue weighted by atomic mass is 10.1. The second-order valence-electron chi connectivity index (χ2n) is 4.82. The Hall–Kier alpha value is -2.89. The lowest BCUT2D eigenvalue weighted by Gasteiger charge is -2.12. The summed E-state index contributed by atoms with van der Waals surface area (Å²) in [6, 6.07) is 13.4. The number of amides is 1. The van der Waals surface area contributed by atoms with Crippen LogP contribution < -0.4 is 10.6 Å². The number of nitro benzene ring substituents is 1. The fourth-order valence-electron chi connectivity index (χ4n) is 2.41. The van der Waals surface area contributed by atoms with Crippen molar-refractivity contribution < 1.29 is 9.72 Å². The van der Waals surface area contributed by atoms with Gasteiger partial charge in [-0.25, -0.2) is 0 Å². The van der Waals surface area contributed by atoms with E-state index in [1.54, 1.807) is 12.1 Å². The van der Waals surface area contributed by atoms with Gasteiger partial charge >= 0.3 is 0 Å². The smallest absolute Gasteiger partial charge is 0.292 e. The van der Waals surface area contributed by atoms with Crippen molar-refractivity contribution in [2.75, 3.05) is 10.6 Å². The van der Waals surface area contributed by atoms with Crippen LogP contribution in [0, 0.1) is 10.1 Å². The van der Waals surface area contributed by atoms with E-state index in [4.69, 9.17) is 0 Å². The first-order valence-corrected chi connectivity index (χ1v) is 6.54. The number of carbonyl (C=O) groups is 1. The van der Waals surface area contributed by atoms with E-state index in [0.717, 1.165) is 11.3 Å². The van der Waals surface area contributed by atoms with Crippen LogP contribution in [0.2, 0.25) is 0 Å². The first kappa shape index (κ1) is 13.1. The quantitative estimate of drug-likeness (QED) is 0.669. The highest BCUT2D eigenvalue weighted by molar-refractivity contribution is 5.99. The molecule has 1 amide bonds. The Morgan fingerprint density at radius 1 is 1.19 bits per heavy atom. The molecule has 106 valence electrons. The second-order valence-corrected chi connectivity index (χ2v) is 4.82. The van der Waals surface area contributed by atoms with E-state index < -0.39 is 11.0 Å². The van der Waals surface area contributed by atoms with E-state index >= 15 is 0 Å². The molecule has 2 aromatic carbocycles. The molecule has 1 aliphatic rings. The Morgan fingerprint density at radius 3 is 2.67 bits per heavy atom. The molecule has 1 atom stereocenters. The van der Waals surface area contributed by atoms with Crippen LogP contribution in [-0.2, 0) is 11.2 Å². The highest BCUT2D eigenvalue weighted by Crippen LogP contribution is 2.27. The lowest BCUT2D eigenvalue weighted by Crippen LogP contribution is -2.32. The van der Waals surface area contributed by atoms with Crippen molar-refractivity contribution in [2.45, 2.75) is 12.5 Å². The second kappa shape index (κ2) is 5.24. The van der Waals surface area contributed by atoms with Gasteiger partial charge in [0.15, 0.2) is 0 Å². The van der Waals surface area contributed by atoms with Gasteiger partial charge < -0.3 is 10.6 Å². The summed E-state index contributed by atoms with van der Waals surface area (Å²) in [5.74, 6) is -0.277. The highest BCUT2D eigenvalue weighted by atomic mass is 16.6. The molecule has 2 N–H and O–H groups in total. The average Bonchev–Trinajstić information content (AvgIpc) is 2.91. The topological polar surface area (TPSA) is 84.3 Å². The summed E-state index contributed by atoms with van der Waals surface area (Å²) < 4.78 is 0. The molecule has 0 spiro atoms. The van der Waals surface area contributed by atoms with Crippen molar-refractivity contribution >= 4 is 23.0 Å². The molecule has 1 unspecified atom stereocenters. The van der Waals surface area contributed by atoms with E-state index in [2.05, 4.69) is 10.6 Å². The Balaban J connectivity index is 1.76. The van der Waals surface area contributed by atoms with Gasteiger partial charge in [0.25, 0.3) is 5.69 Å². The molecule has 0 saturated heterocycles. The third kappa shape index (κ3) is 2.55. The minimum absolute atomic E-state index is 0.110. The van der Waals surface area contributed by atoms with E-state index in [1.165, 1.54) is 12.1 Å². The Labute approximate surface area is 120 Å². The number of carbonyl (C=O) groups excluding carboxylic acids is 1. The number of rotatable bonds is 3. The van der Waals surface area contributed by atoms with Crippen LogP contribution in [0.25, 0.3) is 0 Å². The van der Waals surface area contributed by atoms with E-state index in [9.17, 15) is 14.9 Å². The summed E-state index contributed by atoms with van der Waals surface area (Å²) in [6.07, 6.45) is 0.572. The van der Waals surface area contributed by atoms with Crippen molar-refractivity contribution in [3.05, 3.63) is 64.2 Å². The lowest BCUT2D eigenvalue weighted by molar-refractivity contribution is -0.383. The van der Waals surface area contributed by atoms with Gasteiger partial charge in [0.1, 0.15) is 11.7 Å². The molecule has 6 nitrogen and oxygen atoms in total. The molecule has 2 aromatic rings. The number of fused-ring (bicyclic) bond motifs is 1. The van der Waals surface area contributed by atoms with Gasteiger partial charge in [-0.05, 0) is 17.7 Å². The van der Waals surface area contributed by atoms with Gasteiger partial charge in [0.2, 0.25) is 5.91 Å². The van der Waals surface area contributed by atoms with Crippen LogP contribution in [0.3, 0.4) is 0 Å². The summed E-state index contributed by atoms with van der Waals surface area (Å²) >= 11 is 0. The van der Waals surface area contributed by atoms with Crippen molar-refractivity contribution in [1.29, 1.82) is 0 Å². The number of para-hydroxylation sites is 3. The van der Waals surface area contributed by atoms with Gasteiger partial charge in [-0.2, -0.15) is 0 Å². The van der Waals surface area contributed by atoms with Crippen LogP contribution in [0.15, 0.2) is 48.5 Å². The molecule has 0 bridgehead atoms. The van der Waals surface area contributed by atoms with Crippen LogP contribution in [-0.4, -0.2) is 16.9 Å². The number of anilines is 2. The molecule has 1 heterocycles. The molecule has 0 radical (unpaired) electrons. The van der Waals surface area contributed by atoms with Gasteiger partial charge in [-0.1, -0.05) is 30.3 Å². The molecule has 0 fully saturated rings. The average molecular weight is 283 g/mol. The third-order valence-electron chi connectivity index (χ3n) is 3.45. The fraction of sp³-hybridized carbons (Fsp3) is 0.133. The summed E-state index contributed by atoms with van der Waals surface area (Å²) in [7, 11) is 0. The van der Waals surface area contributed by atoms with Gasteiger partial charge in [-0.15, -0.1) is 0 Å². The summed E-state index contributed by atoms with van der Waals surface area (Å²) in [5, 5.41) is 16.7. The van der Waals surface area contributed by atoms with Crippen LogP contribution in [0.5, 0.6) is 0 Å². The van der Waals surface area contributed by atoms with Gasteiger partial charge in [0.05, 0.1) is 4.92 Å². The van der Waals surface area contributed by atoms with E-state index in [-0.39, 0.29) is 17.3 Å². The normalized spacial score (nSPS) is 15.9. The first-order valence-electron chi connectivity index (χ1n) is 6.54. The maximum absolute atomic E-state index is 12.3. The molecular weight excluding hydrogens is 270 g/mol. The number of hydrogen-bond acceptors (Lipinski definition) is 4. The minimum atomic E-state index is -0.507. The minimum Gasteiger partial charge on any atom is -0.373 e. The maximum atomic E-state index is 12.3. The Bertz CT molecular complexity index is 690. The standard InChI is InChI=1S/C15H13N3O3/c19-15(13-9-10-5-1-2-6-11(10)16-13)17-12-7-3-4-8-14(12)18(20)21/h1-8,13,16H,9H2,(H,17,19). The predicted molar refractivity (Wildman–Crippen MR) is 79.3 cm³/mol. The fourth-order valence-corrected chi connectivity index (χ4v) is 2.41. The predicted octanol–water partition coefficient (Wildman–Crippen LogP) is 2.57. The molecule has 6 heteroatoms. The van der Waals surface area contributed by atoms with Crippen LogP contribution in [0.1, 0.15) is 5.56 Å². The van der Waals surface area contributed by atoms with Crippen molar-refractivity contribution in [2.24, 2.45) is 0 Å². The zero-order valence-corrected chi connectivity index (χ0v) is 11.1. The molecular formula is C15H13N3O3. The SMILES string of the molecule is O=C(Nc1ccccc1[N+](=O)[O-])C1Cc2ccccc2N1. The molecule has 0 aromatic heterocycles. The molecule has 21 heavy (non-hydrogen) atoms. The molecule has 0 saturated carbocycles. The first-order chi connectivity index (χ1) is 10.1. The highest BCUT2D eigenvalue weighted by Gasteiger charge is 2.27. The number of hydrogen-bond donors (Lipinski definition) is 2. The summed E-state index contributed by atoms with van der Waals surface area (Å²) in [5.41, 5.74) is 2.10. The molecule has 0 aliphatic carbocycles. The van der Waals surface area contributed by atoms with Crippen LogP contribution >= 0.6 is 0 Å². The molecule has 1 aliphatic heterocycles. The Kier molecular flexibility index (Phi) is 3.27. The zero-order chi connectivity index (χ0) is 14.8. The summed E-state index contributed by atoms with van der Waals surface area (Å²) in [6.45, 7) is 0. The maximum Gasteiger partial charge on any atom is 0.292 e. The number of benzene rings is 2. The van der Waals surface area contributed by atoms with Crippen molar-refractivity contribution in [1.82, 2.24) is 0 Å². The zero-order valence-electron chi connectivity index (χ0n) is 11.1. The Morgan fingerprint density at radius 2 is 1.90 bits per heavy atom. The largest absolute Gasteiger partial charge is 0.373 e. The number of nitro groups is 1. The van der Waals surface area contributed by atoms with Crippen molar-refractivity contribution in [3.63, 3.8) is 0 Å². The van der Waals surface area contributed by atoms with Gasteiger partial charge in [-0.3, -0.25) is 14.9 Å². The van der Waals surface area contributed by atoms with Crippen molar-refractivity contribution in [3.8, 4) is 0 Å². The third-order valence-corrected chi connectivity index (χ3v) is 3.45.